The Morgan fingerprint density at radius 3 is 2.94 bits per heavy atom. The molecule has 2 rings (SSSR count). The van der Waals surface area contributed by atoms with E-state index < -0.39 is 0 Å². The third-order valence-corrected chi connectivity index (χ3v) is 3.61. The van der Waals surface area contributed by atoms with Crippen molar-refractivity contribution in [3.8, 4) is 5.75 Å². The topological polar surface area (TPSA) is 49.3 Å². The zero-order valence-electron chi connectivity index (χ0n) is 9.52. The standard InChI is InChI=1S/C13H12ClNO2S/c14-9-3-4-12(16)11(8-9)13(17)15-6-5-10-2-1-7-18-10/h1-4,7-8,16H,5-6H2,(H,15,17). The van der Waals surface area contributed by atoms with Crippen molar-refractivity contribution in [3.63, 3.8) is 0 Å². The summed E-state index contributed by atoms with van der Waals surface area (Å²) in [5, 5.41) is 14.8. The van der Waals surface area contributed by atoms with Crippen LogP contribution in [-0.2, 0) is 6.42 Å². The third-order valence-electron chi connectivity index (χ3n) is 2.44. The molecule has 0 atom stereocenters. The van der Waals surface area contributed by atoms with Gasteiger partial charge in [0.2, 0.25) is 0 Å². The zero-order chi connectivity index (χ0) is 13.0. The average Bonchev–Trinajstić information content (AvgIpc) is 2.85. The summed E-state index contributed by atoms with van der Waals surface area (Å²) in [5.41, 5.74) is 0.202. The lowest BCUT2D eigenvalue weighted by Crippen LogP contribution is -2.25. The van der Waals surface area contributed by atoms with E-state index in [1.54, 1.807) is 17.4 Å². The van der Waals surface area contributed by atoms with Crippen LogP contribution in [0.3, 0.4) is 0 Å². The molecule has 18 heavy (non-hydrogen) atoms. The highest BCUT2D eigenvalue weighted by molar-refractivity contribution is 7.09. The summed E-state index contributed by atoms with van der Waals surface area (Å²) in [6.07, 6.45) is 0.782. The van der Waals surface area contributed by atoms with Crippen LogP contribution in [0.1, 0.15) is 15.2 Å². The molecule has 1 aromatic heterocycles. The second-order valence-corrected chi connectivity index (χ2v) is 5.22. The first-order valence-corrected chi connectivity index (χ1v) is 6.71. The number of rotatable bonds is 4. The fraction of sp³-hybridized carbons (Fsp3) is 0.154. The first-order valence-electron chi connectivity index (χ1n) is 5.46. The minimum absolute atomic E-state index is 0.0620. The number of nitrogens with one attached hydrogen (secondary N) is 1. The number of phenolic OH excluding ortho intramolecular Hbond substituents is 1. The van der Waals surface area contributed by atoms with Crippen molar-refractivity contribution < 1.29 is 9.90 Å². The van der Waals surface area contributed by atoms with Gasteiger partial charge < -0.3 is 10.4 Å². The largest absolute Gasteiger partial charge is 0.507 e. The molecule has 0 bridgehead atoms. The molecule has 2 aromatic rings. The lowest BCUT2D eigenvalue weighted by molar-refractivity contribution is 0.0951. The van der Waals surface area contributed by atoms with Crippen molar-refractivity contribution >= 4 is 28.8 Å². The SMILES string of the molecule is O=C(NCCc1cccs1)c1cc(Cl)ccc1O. The van der Waals surface area contributed by atoms with Gasteiger partial charge in [-0.05, 0) is 36.1 Å². The maximum atomic E-state index is 11.8. The van der Waals surface area contributed by atoms with Gasteiger partial charge in [-0.15, -0.1) is 11.3 Å². The molecule has 0 unspecified atom stereocenters. The Labute approximate surface area is 114 Å². The Morgan fingerprint density at radius 2 is 2.22 bits per heavy atom. The van der Waals surface area contributed by atoms with Crippen LogP contribution >= 0.6 is 22.9 Å². The highest BCUT2D eigenvalue weighted by Gasteiger charge is 2.11. The number of hydrogen-bond donors (Lipinski definition) is 2. The van der Waals surface area contributed by atoms with Crippen molar-refractivity contribution in [2.75, 3.05) is 6.54 Å². The summed E-state index contributed by atoms with van der Waals surface area (Å²) < 4.78 is 0. The number of amides is 1. The summed E-state index contributed by atoms with van der Waals surface area (Å²) in [7, 11) is 0. The van der Waals surface area contributed by atoms with Crippen LogP contribution in [0.5, 0.6) is 5.75 Å². The van der Waals surface area contributed by atoms with Gasteiger partial charge >= 0.3 is 0 Å². The molecule has 0 aliphatic rings. The Hall–Kier alpha value is -1.52. The van der Waals surface area contributed by atoms with E-state index in [4.69, 9.17) is 11.6 Å². The van der Waals surface area contributed by atoms with Crippen LogP contribution in [0.15, 0.2) is 35.7 Å². The normalized spacial score (nSPS) is 10.3. The van der Waals surface area contributed by atoms with E-state index in [2.05, 4.69) is 5.32 Å². The number of carbonyl (C=O) groups excluding carboxylic acids is 1. The van der Waals surface area contributed by atoms with Crippen molar-refractivity contribution in [2.24, 2.45) is 0 Å². The number of thiophene rings is 1. The number of aromatic hydroxyl groups is 1. The van der Waals surface area contributed by atoms with Crippen LogP contribution in [0.2, 0.25) is 5.02 Å². The van der Waals surface area contributed by atoms with Gasteiger partial charge in [-0.2, -0.15) is 0 Å². The maximum Gasteiger partial charge on any atom is 0.255 e. The van der Waals surface area contributed by atoms with Crippen LogP contribution in [0.25, 0.3) is 0 Å². The van der Waals surface area contributed by atoms with E-state index in [1.165, 1.54) is 17.0 Å². The highest BCUT2D eigenvalue weighted by Crippen LogP contribution is 2.21. The van der Waals surface area contributed by atoms with Crippen molar-refractivity contribution in [2.45, 2.75) is 6.42 Å². The van der Waals surface area contributed by atoms with Crippen LogP contribution < -0.4 is 5.32 Å². The van der Waals surface area contributed by atoms with Gasteiger partial charge in [-0.1, -0.05) is 17.7 Å². The van der Waals surface area contributed by atoms with E-state index in [9.17, 15) is 9.90 Å². The first-order chi connectivity index (χ1) is 8.66. The molecule has 94 valence electrons. The smallest absolute Gasteiger partial charge is 0.255 e. The molecule has 2 N–H and O–H groups in total. The van der Waals surface area contributed by atoms with Crippen LogP contribution in [0.4, 0.5) is 0 Å². The number of hydrogen-bond acceptors (Lipinski definition) is 3. The second kappa shape index (κ2) is 5.89. The van der Waals surface area contributed by atoms with E-state index in [0.29, 0.717) is 11.6 Å². The molecule has 0 saturated heterocycles. The Morgan fingerprint density at radius 1 is 1.39 bits per heavy atom. The van der Waals surface area contributed by atoms with Gasteiger partial charge in [-0.3, -0.25) is 4.79 Å². The molecule has 0 aliphatic carbocycles. The zero-order valence-corrected chi connectivity index (χ0v) is 11.1. The van der Waals surface area contributed by atoms with E-state index in [1.807, 2.05) is 17.5 Å². The molecular formula is C13H12ClNO2S. The minimum Gasteiger partial charge on any atom is -0.507 e. The summed E-state index contributed by atoms with van der Waals surface area (Å²) in [5.74, 6) is -0.375. The molecule has 0 aliphatic heterocycles. The Kier molecular flexibility index (Phi) is 4.23. The van der Waals surface area contributed by atoms with Gasteiger partial charge in [0.25, 0.3) is 5.91 Å². The lowest BCUT2D eigenvalue weighted by atomic mass is 10.2. The minimum atomic E-state index is -0.313. The highest BCUT2D eigenvalue weighted by atomic mass is 35.5. The first kappa shape index (κ1) is 12.9. The number of halogens is 1. The Balaban J connectivity index is 1.93. The average molecular weight is 282 g/mol. The van der Waals surface area contributed by atoms with Crippen molar-refractivity contribution in [3.05, 3.63) is 51.2 Å². The summed E-state index contributed by atoms with van der Waals surface area (Å²) in [4.78, 5) is 13.0. The van der Waals surface area contributed by atoms with Gasteiger partial charge in [0.05, 0.1) is 5.56 Å². The molecule has 3 nitrogen and oxygen atoms in total. The molecular weight excluding hydrogens is 270 g/mol. The monoisotopic (exact) mass is 281 g/mol. The van der Waals surface area contributed by atoms with Crippen LogP contribution in [0, 0.1) is 0 Å². The molecule has 1 aromatic carbocycles. The summed E-state index contributed by atoms with van der Waals surface area (Å²) in [6, 6.07) is 8.41. The van der Waals surface area contributed by atoms with Gasteiger partial charge in [0, 0.05) is 16.4 Å². The molecule has 0 spiro atoms. The molecule has 0 radical (unpaired) electrons. The third kappa shape index (κ3) is 3.24. The van der Waals surface area contributed by atoms with E-state index >= 15 is 0 Å². The van der Waals surface area contributed by atoms with Crippen molar-refractivity contribution in [1.29, 1.82) is 0 Å². The van der Waals surface area contributed by atoms with E-state index in [-0.39, 0.29) is 17.2 Å². The number of phenols is 1. The fourth-order valence-electron chi connectivity index (χ4n) is 1.54. The molecule has 0 saturated carbocycles. The van der Waals surface area contributed by atoms with Gasteiger partial charge in [0.1, 0.15) is 5.75 Å². The maximum absolute atomic E-state index is 11.8. The quantitative estimate of drug-likeness (QED) is 0.905. The number of benzene rings is 1. The molecule has 0 fully saturated rings. The van der Waals surface area contributed by atoms with Gasteiger partial charge in [0.15, 0.2) is 0 Å². The summed E-state index contributed by atoms with van der Waals surface area (Å²) >= 11 is 7.44. The summed E-state index contributed by atoms with van der Waals surface area (Å²) in [6.45, 7) is 0.533. The second-order valence-electron chi connectivity index (χ2n) is 3.75. The predicted octanol–water partition coefficient (Wildman–Crippen LogP) is 3.08. The van der Waals surface area contributed by atoms with Gasteiger partial charge in [-0.25, -0.2) is 0 Å². The lowest BCUT2D eigenvalue weighted by Gasteiger charge is -2.06. The van der Waals surface area contributed by atoms with Crippen molar-refractivity contribution in [1.82, 2.24) is 5.32 Å². The fourth-order valence-corrected chi connectivity index (χ4v) is 2.42. The van der Waals surface area contributed by atoms with E-state index in [0.717, 1.165) is 6.42 Å². The predicted molar refractivity (Wildman–Crippen MR) is 73.5 cm³/mol. The van der Waals surface area contributed by atoms with Crippen LogP contribution in [-0.4, -0.2) is 17.6 Å². The molecule has 1 heterocycles. The molecule has 5 heteroatoms. The number of carbonyl (C=O) groups is 1. The molecule has 1 amide bonds. The Bertz CT molecular complexity index is 540.